The molecule has 0 aliphatic rings. The van der Waals surface area contributed by atoms with Crippen molar-refractivity contribution in [1.29, 1.82) is 0 Å². The fraction of sp³-hybridized carbons (Fsp3) is 0.417. The maximum atomic E-state index is 10.7. The number of hydrogen-bond acceptors (Lipinski definition) is 7. The molecule has 8 nitrogen and oxygen atoms in total. The van der Waals surface area contributed by atoms with Gasteiger partial charge < -0.3 is 19.8 Å². The summed E-state index contributed by atoms with van der Waals surface area (Å²) in [5.74, 6) is 0. The molecule has 2 N–H and O–H groups in total. The Labute approximate surface area is 115 Å². The third-order valence-electron chi connectivity index (χ3n) is 2.64. The molecule has 2 rings (SSSR count). The Kier molecular flexibility index (Phi) is 4.85. The summed E-state index contributed by atoms with van der Waals surface area (Å²) in [5.41, 5.74) is 0.984. The average molecular weight is 280 g/mol. The molecule has 0 saturated carbocycles. The molecule has 1 aromatic heterocycles. The maximum absolute atomic E-state index is 10.7. The summed E-state index contributed by atoms with van der Waals surface area (Å²) < 4.78 is 10.3. The topological polar surface area (TPSA) is 102 Å². The number of aromatic nitrogens is 1. The number of nitrogens with one attached hydrogen (secondary N) is 2. The molecule has 0 spiro atoms. The quantitative estimate of drug-likeness (QED) is 0.428. The number of nitrogens with zero attached hydrogens (tertiary/aromatic N) is 2. The fourth-order valence-corrected chi connectivity index (χ4v) is 1.66. The molecule has 0 amide bonds. The molecular weight excluding hydrogens is 264 g/mol. The first-order valence-corrected chi connectivity index (χ1v) is 6.19. The molecule has 0 fully saturated rings. The number of hydrogen-bond donors (Lipinski definition) is 2. The van der Waals surface area contributed by atoms with E-state index in [1.54, 1.807) is 13.2 Å². The molecule has 20 heavy (non-hydrogen) atoms. The van der Waals surface area contributed by atoms with Gasteiger partial charge in [-0.15, -0.1) is 0 Å². The minimum absolute atomic E-state index is 0.00131. The summed E-state index contributed by atoms with van der Waals surface area (Å²) in [6, 6.07) is 4.68. The van der Waals surface area contributed by atoms with Crippen LogP contribution in [-0.2, 0) is 4.74 Å². The van der Waals surface area contributed by atoms with Crippen molar-refractivity contribution in [3.05, 3.63) is 28.3 Å². The molecule has 1 aromatic carbocycles. The van der Waals surface area contributed by atoms with E-state index in [0.717, 1.165) is 13.1 Å². The second-order valence-corrected chi connectivity index (χ2v) is 4.10. The third-order valence-corrected chi connectivity index (χ3v) is 2.64. The van der Waals surface area contributed by atoms with Crippen molar-refractivity contribution in [3.63, 3.8) is 0 Å². The SMILES string of the molecule is COCCNCCNc1nc2cc([N+](=O)[O-])ccc2o1. The van der Waals surface area contributed by atoms with Crippen LogP contribution >= 0.6 is 0 Å². The molecule has 0 saturated heterocycles. The van der Waals surface area contributed by atoms with E-state index in [0.29, 0.717) is 30.3 Å². The number of nitro groups is 1. The lowest BCUT2D eigenvalue weighted by atomic mass is 10.3. The van der Waals surface area contributed by atoms with Crippen LogP contribution in [0.15, 0.2) is 22.6 Å². The molecule has 0 aliphatic heterocycles. The average Bonchev–Trinajstić information content (AvgIpc) is 2.84. The van der Waals surface area contributed by atoms with E-state index in [4.69, 9.17) is 9.15 Å². The molecule has 8 heteroatoms. The van der Waals surface area contributed by atoms with Gasteiger partial charge in [-0.05, 0) is 6.07 Å². The molecule has 0 bridgehead atoms. The lowest BCUT2D eigenvalue weighted by molar-refractivity contribution is -0.384. The number of nitro benzene ring substituents is 1. The molecule has 0 radical (unpaired) electrons. The van der Waals surface area contributed by atoms with Gasteiger partial charge in [0.25, 0.3) is 11.7 Å². The van der Waals surface area contributed by atoms with Crippen molar-refractivity contribution in [2.24, 2.45) is 0 Å². The predicted octanol–water partition coefficient (Wildman–Crippen LogP) is 1.38. The first kappa shape index (κ1) is 14.2. The van der Waals surface area contributed by atoms with Crippen LogP contribution in [0.5, 0.6) is 0 Å². The Balaban J connectivity index is 1.89. The van der Waals surface area contributed by atoms with Crippen LogP contribution in [0.1, 0.15) is 0 Å². The highest BCUT2D eigenvalue weighted by atomic mass is 16.6. The van der Waals surface area contributed by atoms with E-state index in [9.17, 15) is 10.1 Å². The monoisotopic (exact) mass is 280 g/mol. The van der Waals surface area contributed by atoms with Crippen molar-refractivity contribution in [3.8, 4) is 0 Å². The smallest absolute Gasteiger partial charge is 0.295 e. The van der Waals surface area contributed by atoms with E-state index in [1.807, 2.05) is 0 Å². The zero-order valence-electron chi connectivity index (χ0n) is 11.1. The van der Waals surface area contributed by atoms with Crippen LogP contribution in [0.3, 0.4) is 0 Å². The fourth-order valence-electron chi connectivity index (χ4n) is 1.66. The van der Waals surface area contributed by atoms with Crippen molar-refractivity contribution >= 4 is 22.8 Å². The van der Waals surface area contributed by atoms with Gasteiger partial charge in [0.15, 0.2) is 5.58 Å². The molecule has 2 aromatic rings. The minimum atomic E-state index is -0.457. The van der Waals surface area contributed by atoms with Crippen LogP contribution in [0.4, 0.5) is 11.7 Å². The summed E-state index contributed by atoms with van der Waals surface area (Å²) in [7, 11) is 1.65. The normalized spacial score (nSPS) is 10.8. The van der Waals surface area contributed by atoms with E-state index >= 15 is 0 Å². The van der Waals surface area contributed by atoms with E-state index in [1.165, 1.54) is 12.1 Å². The van der Waals surface area contributed by atoms with Gasteiger partial charge in [-0.1, -0.05) is 0 Å². The summed E-state index contributed by atoms with van der Waals surface area (Å²) in [4.78, 5) is 14.4. The predicted molar refractivity (Wildman–Crippen MR) is 73.9 cm³/mol. The largest absolute Gasteiger partial charge is 0.424 e. The van der Waals surface area contributed by atoms with E-state index in [-0.39, 0.29) is 5.69 Å². The molecule has 0 unspecified atom stereocenters. The van der Waals surface area contributed by atoms with Gasteiger partial charge in [0, 0.05) is 38.9 Å². The Bertz CT molecular complexity index is 584. The highest BCUT2D eigenvalue weighted by Gasteiger charge is 2.11. The second-order valence-electron chi connectivity index (χ2n) is 4.10. The van der Waals surface area contributed by atoms with Gasteiger partial charge in [-0.3, -0.25) is 10.1 Å². The molecule has 0 aliphatic carbocycles. The number of methoxy groups -OCH3 is 1. The number of fused-ring (bicyclic) bond motifs is 1. The second kappa shape index (κ2) is 6.83. The summed E-state index contributed by atoms with van der Waals surface area (Å²) in [6.45, 7) is 2.81. The van der Waals surface area contributed by atoms with E-state index < -0.39 is 4.92 Å². The first-order valence-electron chi connectivity index (χ1n) is 6.19. The highest BCUT2D eigenvalue weighted by molar-refractivity contribution is 5.77. The molecular formula is C12H16N4O4. The zero-order valence-corrected chi connectivity index (χ0v) is 11.1. The van der Waals surface area contributed by atoms with Gasteiger partial charge in [0.05, 0.1) is 11.5 Å². The lowest BCUT2D eigenvalue weighted by Crippen LogP contribution is -2.25. The van der Waals surface area contributed by atoms with Gasteiger partial charge in [0.1, 0.15) is 5.52 Å². The molecule has 1 heterocycles. The number of non-ortho nitro benzene ring substituents is 1. The summed E-state index contributed by atoms with van der Waals surface area (Å²) >= 11 is 0. The first-order chi connectivity index (χ1) is 9.70. The van der Waals surface area contributed by atoms with Crippen LogP contribution in [0, 0.1) is 10.1 Å². The number of oxazole rings is 1. The van der Waals surface area contributed by atoms with Gasteiger partial charge in [-0.2, -0.15) is 4.98 Å². The van der Waals surface area contributed by atoms with Crippen LogP contribution in [0.25, 0.3) is 11.1 Å². The lowest BCUT2D eigenvalue weighted by Gasteiger charge is -2.03. The van der Waals surface area contributed by atoms with Gasteiger partial charge >= 0.3 is 0 Å². The Morgan fingerprint density at radius 3 is 3.00 bits per heavy atom. The van der Waals surface area contributed by atoms with Crippen molar-refractivity contribution in [2.75, 3.05) is 38.7 Å². The summed E-state index contributed by atoms with van der Waals surface area (Å²) in [5, 5.41) is 16.8. The minimum Gasteiger partial charge on any atom is -0.424 e. The van der Waals surface area contributed by atoms with Gasteiger partial charge in [-0.25, -0.2) is 0 Å². The van der Waals surface area contributed by atoms with Crippen molar-refractivity contribution < 1.29 is 14.1 Å². The van der Waals surface area contributed by atoms with Crippen molar-refractivity contribution in [1.82, 2.24) is 10.3 Å². The third kappa shape index (κ3) is 3.65. The standard InChI is InChI=1S/C12H16N4O4/c1-19-7-6-13-4-5-14-12-15-10-8-9(16(17)18)2-3-11(10)20-12/h2-3,8,13H,4-7H2,1H3,(H,14,15). The number of ether oxygens (including phenoxy) is 1. The van der Waals surface area contributed by atoms with Crippen LogP contribution in [0.2, 0.25) is 0 Å². The maximum Gasteiger partial charge on any atom is 0.295 e. The Hall–Kier alpha value is -2.19. The number of rotatable bonds is 8. The molecule has 108 valence electrons. The highest BCUT2D eigenvalue weighted by Crippen LogP contribution is 2.23. The van der Waals surface area contributed by atoms with Gasteiger partial charge in [0.2, 0.25) is 0 Å². The van der Waals surface area contributed by atoms with Crippen LogP contribution in [-0.4, -0.2) is 43.3 Å². The van der Waals surface area contributed by atoms with E-state index in [2.05, 4.69) is 15.6 Å². The van der Waals surface area contributed by atoms with Crippen LogP contribution < -0.4 is 10.6 Å². The number of benzene rings is 1. The molecule has 0 atom stereocenters. The Morgan fingerprint density at radius 2 is 2.25 bits per heavy atom. The zero-order chi connectivity index (χ0) is 14.4. The Morgan fingerprint density at radius 1 is 1.40 bits per heavy atom. The van der Waals surface area contributed by atoms with Crippen molar-refractivity contribution in [2.45, 2.75) is 0 Å². The summed E-state index contributed by atoms with van der Waals surface area (Å²) in [6.07, 6.45) is 0. The number of anilines is 1.